The van der Waals surface area contributed by atoms with Crippen LogP contribution in [0.2, 0.25) is 0 Å². The summed E-state index contributed by atoms with van der Waals surface area (Å²) in [5.41, 5.74) is 0. The van der Waals surface area contributed by atoms with Gasteiger partial charge in [-0.3, -0.25) is 9.59 Å². The molecule has 92 valence electrons. The largest absolute Gasteiger partial charge is 0.383 e. The van der Waals surface area contributed by atoms with Gasteiger partial charge in [0.05, 0.1) is 6.61 Å². The van der Waals surface area contributed by atoms with E-state index in [-0.39, 0.29) is 11.8 Å². The second-order valence-corrected chi connectivity index (χ2v) is 3.72. The zero-order valence-electron chi connectivity index (χ0n) is 9.78. The Kier molecular flexibility index (Phi) is 5.21. The van der Waals surface area contributed by atoms with Crippen LogP contribution in [0.15, 0.2) is 0 Å². The Morgan fingerprint density at radius 3 is 2.94 bits per heavy atom. The average Bonchev–Trinajstić information content (AvgIpc) is 2.29. The number of hydrogen-bond acceptors (Lipinski definition) is 4. The van der Waals surface area contributed by atoms with Crippen LogP contribution in [-0.2, 0) is 14.3 Å². The van der Waals surface area contributed by atoms with Crippen molar-refractivity contribution in [3.05, 3.63) is 0 Å². The van der Waals surface area contributed by atoms with Crippen LogP contribution in [-0.4, -0.2) is 62.7 Å². The van der Waals surface area contributed by atoms with E-state index >= 15 is 0 Å². The van der Waals surface area contributed by atoms with Crippen LogP contribution in [0.5, 0.6) is 0 Å². The van der Waals surface area contributed by atoms with Crippen molar-refractivity contribution in [3.63, 3.8) is 0 Å². The van der Waals surface area contributed by atoms with Crippen molar-refractivity contribution in [2.75, 3.05) is 39.9 Å². The summed E-state index contributed by atoms with van der Waals surface area (Å²) in [5, 5.41) is 5.85. The first kappa shape index (κ1) is 12.9. The second-order valence-electron chi connectivity index (χ2n) is 3.72. The number of rotatable bonds is 4. The van der Waals surface area contributed by atoms with E-state index in [0.29, 0.717) is 26.2 Å². The first-order valence-corrected chi connectivity index (χ1v) is 5.41. The predicted octanol–water partition coefficient (Wildman–Crippen LogP) is -1.43. The summed E-state index contributed by atoms with van der Waals surface area (Å²) >= 11 is 0. The molecule has 1 unspecified atom stereocenters. The molecule has 1 saturated heterocycles. The summed E-state index contributed by atoms with van der Waals surface area (Å²) in [6, 6.07) is -0.400. The van der Waals surface area contributed by atoms with Crippen LogP contribution in [0, 0.1) is 0 Å². The van der Waals surface area contributed by atoms with E-state index in [4.69, 9.17) is 4.74 Å². The molecule has 1 aliphatic rings. The van der Waals surface area contributed by atoms with Gasteiger partial charge in [-0.15, -0.1) is 0 Å². The number of amides is 2. The molecule has 6 heteroatoms. The number of carbonyl (C=O) groups excluding carboxylic acids is 2. The summed E-state index contributed by atoms with van der Waals surface area (Å²) in [6.45, 7) is 4.27. The highest BCUT2D eigenvalue weighted by Crippen LogP contribution is 2.03. The van der Waals surface area contributed by atoms with Gasteiger partial charge in [0.15, 0.2) is 0 Å². The van der Waals surface area contributed by atoms with Crippen molar-refractivity contribution >= 4 is 11.8 Å². The van der Waals surface area contributed by atoms with Crippen LogP contribution in [0.4, 0.5) is 0 Å². The maximum Gasteiger partial charge on any atom is 0.244 e. The normalized spacial score (nSPS) is 20.6. The van der Waals surface area contributed by atoms with Crippen molar-refractivity contribution in [1.82, 2.24) is 15.5 Å². The fourth-order valence-corrected chi connectivity index (χ4v) is 1.71. The molecule has 1 aliphatic heterocycles. The summed E-state index contributed by atoms with van der Waals surface area (Å²) in [4.78, 5) is 24.7. The lowest BCUT2D eigenvalue weighted by Gasteiger charge is -2.34. The summed E-state index contributed by atoms with van der Waals surface area (Å²) in [5.74, 6) is -0.187. The third kappa shape index (κ3) is 3.46. The molecule has 0 bridgehead atoms. The fraction of sp³-hybridized carbons (Fsp3) is 0.800. The molecule has 0 radical (unpaired) electrons. The van der Waals surface area contributed by atoms with Crippen LogP contribution in [0.1, 0.15) is 6.92 Å². The van der Waals surface area contributed by atoms with Crippen molar-refractivity contribution in [3.8, 4) is 0 Å². The zero-order chi connectivity index (χ0) is 12.0. The van der Waals surface area contributed by atoms with E-state index in [2.05, 4.69) is 10.6 Å². The predicted molar refractivity (Wildman–Crippen MR) is 58.9 cm³/mol. The van der Waals surface area contributed by atoms with E-state index in [1.165, 1.54) is 6.92 Å². The topological polar surface area (TPSA) is 70.7 Å². The Morgan fingerprint density at radius 1 is 1.56 bits per heavy atom. The van der Waals surface area contributed by atoms with Gasteiger partial charge in [0, 0.05) is 40.2 Å². The Hall–Kier alpha value is -1.14. The molecule has 0 aromatic heterocycles. The standard InChI is InChI=1S/C10H19N3O3/c1-8(14)13-5-3-11-7-9(13)10(15)12-4-6-16-2/h9,11H,3-7H2,1-2H3,(H,12,15). The van der Waals surface area contributed by atoms with Gasteiger partial charge in [-0.1, -0.05) is 0 Å². The molecule has 2 N–H and O–H groups in total. The molecule has 0 saturated carbocycles. The van der Waals surface area contributed by atoms with E-state index in [1.54, 1.807) is 12.0 Å². The molecule has 1 fully saturated rings. The lowest BCUT2D eigenvalue weighted by Crippen LogP contribution is -2.59. The maximum absolute atomic E-state index is 11.8. The van der Waals surface area contributed by atoms with Crippen molar-refractivity contribution in [2.24, 2.45) is 0 Å². The van der Waals surface area contributed by atoms with Crippen molar-refractivity contribution in [2.45, 2.75) is 13.0 Å². The van der Waals surface area contributed by atoms with Gasteiger partial charge in [-0.05, 0) is 0 Å². The number of nitrogens with one attached hydrogen (secondary N) is 2. The SMILES string of the molecule is COCCNC(=O)C1CNCCN1C(C)=O. The van der Waals surface area contributed by atoms with Gasteiger partial charge >= 0.3 is 0 Å². The number of ether oxygens (including phenoxy) is 1. The van der Waals surface area contributed by atoms with Gasteiger partial charge in [-0.2, -0.15) is 0 Å². The van der Waals surface area contributed by atoms with Crippen molar-refractivity contribution in [1.29, 1.82) is 0 Å². The highest BCUT2D eigenvalue weighted by Gasteiger charge is 2.29. The van der Waals surface area contributed by atoms with E-state index in [0.717, 1.165) is 6.54 Å². The number of piperazine rings is 1. The zero-order valence-corrected chi connectivity index (χ0v) is 9.78. The average molecular weight is 229 g/mol. The number of hydrogen-bond donors (Lipinski definition) is 2. The molecule has 0 spiro atoms. The molecule has 0 aromatic carbocycles. The monoisotopic (exact) mass is 229 g/mol. The third-order valence-electron chi connectivity index (χ3n) is 2.56. The second kappa shape index (κ2) is 6.44. The molecule has 1 heterocycles. The van der Waals surface area contributed by atoms with Gasteiger partial charge < -0.3 is 20.3 Å². The molecular formula is C10H19N3O3. The van der Waals surface area contributed by atoms with Crippen LogP contribution in [0.25, 0.3) is 0 Å². The maximum atomic E-state index is 11.8. The number of methoxy groups -OCH3 is 1. The summed E-state index contributed by atoms with van der Waals surface area (Å²) in [7, 11) is 1.58. The summed E-state index contributed by atoms with van der Waals surface area (Å²) in [6.07, 6.45) is 0. The van der Waals surface area contributed by atoms with Gasteiger partial charge in [-0.25, -0.2) is 0 Å². The molecule has 0 aromatic rings. The number of carbonyl (C=O) groups is 2. The van der Waals surface area contributed by atoms with Gasteiger partial charge in [0.2, 0.25) is 11.8 Å². The molecule has 6 nitrogen and oxygen atoms in total. The molecule has 2 amide bonds. The smallest absolute Gasteiger partial charge is 0.244 e. The van der Waals surface area contributed by atoms with E-state index in [9.17, 15) is 9.59 Å². The van der Waals surface area contributed by atoms with Crippen LogP contribution in [0.3, 0.4) is 0 Å². The summed E-state index contributed by atoms with van der Waals surface area (Å²) < 4.78 is 4.84. The Morgan fingerprint density at radius 2 is 2.31 bits per heavy atom. The fourth-order valence-electron chi connectivity index (χ4n) is 1.71. The molecule has 1 rings (SSSR count). The highest BCUT2D eigenvalue weighted by atomic mass is 16.5. The molecular weight excluding hydrogens is 210 g/mol. The Balaban J connectivity index is 2.47. The minimum absolute atomic E-state index is 0.0617. The molecule has 16 heavy (non-hydrogen) atoms. The Labute approximate surface area is 95.3 Å². The lowest BCUT2D eigenvalue weighted by molar-refractivity contribution is -0.140. The number of nitrogens with zero attached hydrogens (tertiary/aromatic N) is 1. The van der Waals surface area contributed by atoms with E-state index in [1.807, 2.05) is 0 Å². The quantitative estimate of drug-likeness (QED) is 0.580. The van der Waals surface area contributed by atoms with Gasteiger partial charge in [0.25, 0.3) is 0 Å². The minimum Gasteiger partial charge on any atom is -0.383 e. The lowest BCUT2D eigenvalue weighted by atomic mass is 10.1. The van der Waals surface area contributed by atoms with Crippen molar-refractivity contribution < 1.29 is 14.3 Å². The van der Waals surface area contributed by atoms with Crippen LogP contribution < -0.4 is 10.6 Å². The Bertz CT molecular complexity index is 258. The van der Waals surface area contributed by atoms with Crippen LogP contribution >= 0.6 is 0 Å². The van der Waals surface area contributed by atoms with E-state index < -0.39 is 6.04 Å². The third-order valence-corrected chi connectivity index (χ3v) is 2.56. The minimum atomic E-state index is -0.400. The molecule has 1 atom stereocenters. The van der Waals surface area contributed by atoms with Gasteiger partial charge in [0.1, 0.15) is 6.04 Å². The highest BCUT2D eigenvalue weighted by molar-refractivity contribution is 5.87. The molecule has 0 aliphatic carbocycles. The first-order chi connectivity index (χ1) is 7.66. The first-order valence-electron chi connectivity index (χ1n) is 5.41.